The molecule has 0 fully saturated rings. The highest BCUT2D eigenvalue weighted by atomic mass is 35.5. The van der Waals surface area contributed by atoms with E-state index in [9.17, 15) is 9.59 Å². The smallest absolute Gasteiger partial charge is 0.408 e. The predicted octanol–water partition coefficient (Wildman–Crippen LogP) is 3.86. The molecule has 1 heterocycles. The Morgan fingerprint density at radius 3 is 2.60 bits per heavy atom. The van der Waals surface area contributed by atoms with E-state index >= 15 is 0 Å². The minimum Gasteiger partial charge on any atom is -0.408 e. The number of aryl methyl sites for hydroxylation is 1. The first-order valence-corrected chi connectivity index (χ1v) is 8.44. The summed E-state index contributed by atoms with van der Waals surface area (Å²) in [5, 5.41) is 0.663. The quantitative estimate of drug-likeness (QED) is 0.696. The molecular weight excluding hydrogens is 340 g/mol. The lowest BCUT2D eigenvalue weighted by molar-refractivity contribution is -0.132. The van der Waals surface area contributed by atoms with E-state index < -0.39 is 5.76 Å². The summed E-state index contributed by atoms with van der Waals surface area (Å²) < 4.78 is 6.68. The molecule has 0 saturated heterocycles. The Bertz CT molecular complexity index is 943. The number of fused-ring (bicyclic) bond motifs is 1. The number of halogens is 1. The number of amides is 1. The molecule has 0 aliphatic carbocycles. The van der Waals surface area contributed by atoms with Crippen LogP contribution in [0.1, 0.15) is 24.9 Å². The normalized spacial score (nSPS) is 12.3. The molecule has 0 aliphatic rings. The molecule has 6 heteroatoms. The van der Waals surface area contributed by atoms with Crippen molar-refractivity contribution in [3.8, 4) is 0 Å². The zero-order valence-corrected chi connectivity index (χ0v) is 14.9. The number of carbonyl (C=O) groups is 1. The third-order valence-electron chi connectivity index (χ3n) is 4.45. The molecule has 2 aromatic carbocycles. The number of aromatic nitrogens is 1. The van der Waals surface area contributed by atoms with Crippen LogP contribution in [0.25, 0.3) is 11.1 Å². The Morgan fingerprint density at radius 2 is 1.88 bits per heavy atom. The van der Waals surface area contributed by atoms with E-state index in [0.717, 1.165) is 5.56 Å². The second-order valence-corrected chi connectivity index (χ2v) is 6.41. The van der Waals surface area contributed by atoms with E-state index in [1.54, 1.807) is 18.0 Å². The highest BCUT2D eigenvalue weighted by Crippen LogP contribution is 2.21. The minimum absolute atomic E-state index is 0.0420. The van der Waals surface area contributed by atoms with Gasteiger partial charge in [0.15, 0.2) is 5.58 Å². The average Bonchev–Trinajstić information content (AvgIpc) is 2.94. The second-order valence-electron chi connectivity index (χ2n) is 5.97. The van der Waals surface area contributed by atoms with Crippen LogP contribution in [0.2, 0.25) is 5.02 Å². The van der Waals surface area contributed by atoms with Gasteiger partial charge in [-0.15, -0.1) is 0 Å². The zero-order valence-electron chi connectivity index (χ0n) is 14.1. The van der Waals surface area contributed by atoms with Gasteiger partial charge in [0, 0.05) is 25.0 Å². The van der Waals surface area contributed by atoms with Gasteiger partial charge in [0.2, 0.25) is 5.91 Å². The number of carbonyl (C=O) groups excluding carboxylic acids is 1. The molecule has 1 amide bonds. The number of nitrogens with zero attached hydrogens (tertiary/aromatic N) is 2. The van der Waals surface area contributed by atoms with Crippen LogP contribution in [-0.2, 0) is 11.3 Å². The lowest BCUT2D eigenvalue weighted by atomic mass is 10.1. The molecular formula is C19H19ClN2O3. The third-order valence-corrected chi connectivity index (χ3v) is 4.70. The maximum absolute atomic E-state index is 12.5. The predicted molar refractivity (Wildman–Crippen MR) is 97.7 cm³/mol. The van der Waals surface area contributed by atoms with Crippen LogP contribution in [0, 0.1) is 0 Å². The molecule has 0 radical (unpaired) electrons. The van der Waals surface area contributed by atoms with Gasteiger partial charge in [-0.05, 0) is 36.8 Å². The first-order chi connectivity index (χ1) is 12.0. The Morgan fingerprint density at radius 1 is 1.20 bits per heavy atom. The van der Waals surface area contributed by atoms with Crippen molar-refractivity contribution in [3.05, 3.63) is 69.7 Å². The first kappa shape index (κ1) is 17.3. The lowest BCUT2D eigenvalue weighted by Crippen LogP contribution is -2.31. The summed E-state index contributed by atoms with van der Waals surface area (Å²) in [7, 11) is 1.76. The molecule has 1 atom stereocenters. The number of hydrogen-bond donors (Lipinski definition) is 0. The van der Waals surface area contributed by atoms with Crippen LogP contribution in [0.15, 0.2) is 57.7 Å². The van der Waals surface area contributed by atoms with Crippen molar-refractivity contribution >= 4 is 28.6 Å². The highest BCUT2D eigenvalue weighted by molar-refractivity contribution is 6.30. The fourth-order valence-corrected chi connectivity index (χ4v) is 2.92. The molecule has 25 heavy (non-hydrogen) atoms. The number of benzene rings is 2. The van der Waals surface area contributed by atoms with E-state index in [-0.39, 0.29) is 24.9 Å². The zero-order chi connectivity index (χ0) is 18.0. The summed E-state index contributed by atoms with van der Waals surface area (Å²) in [5.74, 6) is -0.484. The molecule has 1 unspecified atom stereocenters. The molecule has 0 N–H and O–H groups in total. The molecule has 1 aromatic heterocycles. The summed E-state index contributed by atoms with van der Waals surface area (Å²) in [4.78, 5) is 26.2. The SMILES string of the molecule is CC(c1ccc(Cl)cc1)N(C)C(=O)CCn1c(=O)oc2ccccc21. The van der Waals surface area contributed by atoms with Crippen molar-refractivity contribution in [1.29, 1.82) is 0 Å². The van der Waals surface area contributed by atoms with Gasteiger partial charge >= 0.3 is 5.76 Å². The Balaban J connectivity index is 1.70. The van der Waals surface area contributed by atoms with Gasteiger partial charge < -0.3 is 9.32 Å². The fraction of sp³-hybridized carbons (Fsp3) is 0.263. The molecule has 5 nitrogen and oxygen atoms in total. The Kier molecular flexibility index (Phi) is 4.95. The minimum atomic E-state index is -0.442. The maximum Gasteiger partial charge on any atom is 0.419 e. The number of para-hydroxylation sites is 2. The molecule has 3 aromatic rings. The Hall–Kier alpha value is -2.53. The molecule has 130 valence electrons. The molecule has 0 bridgehead atoms. The highest BCUT2D eigenvalue weighted by Gasteiger charge is 2.18. The summed E-state index contributed by atoms with van der Waals surface area (Å²) in [5.41, 5.74) is 2.24. The fourth-order valence-electron chi connectivity index (χ4n) is 2.79. The standard InChI is InChI=1S/C19H19ClN2O3/c1-13(14-7-9-15(20)10-8-14)21(2)18(23)11-12-22-16-5-3-4-6-17(16)25-19(22)24/h3-10,13H,11-12H2,1-2H3. The lowest BCUT2D eigenvalue weighted by Gasteiger charge is -2.25. The van der Waals surface area contributed by atoms with Crippen molar-refractivity contribution in [2.45, 2.75) is 25.9 Å². The molecule has 0 spiro atoms. The van der Waals surface area contributed by atoms with Gasteiger partial charge in [0.05, 0.1) is 11.6 Å². The molecule has 0 saturated carbocycles. The van der Waals surface area contributed by atoms with Crippen LogP contribution in [0.3, 0.4) is 0 Å². The molecule has 0 aliphatic heterocycles. The van der Waals surface area contributed by atoms with Crippen molar-refractivity contribution in [2.24, 2.45) is 0 Å². The topological polar surface area (TPSA) is 55.5 Å². The van der Waals surface area contributed by atoms with Gasteiger partial charge in [0.1, 0.15) is 0 Å². The largest absolute Gasteiger partial charge is 0.419 e. The van der Waals surface area contributed by atoms with Gasteiger partial charge in [-0.3, -0.25) is 9.36 Å². The third kappa shape index (κ3) is 3.61. The van der Waals surface area contributed by atoms with Crippen LogP contribution in [-0.4, -0.2) is 22.4 Å². The number of oxazole rings is 1. The maximum atomic E-state index is 12.5. The van der Waals surface area contributed by atoms with E-state index in [1.165, 1.54) is 4.57 Å². The average molecular weight is 359 g/mol. The molecule has 3 rings (SSSR count). The Labute approximate surface area is 150 Å². The summed E-state index contributed by atoms with van der Waals surface area (Å²) in [6.07, 6.45) is 0.220. The van der Waals surface area contributed by atoms with Gasteiger partial charge in [-0.25, -0.2) is 4.79 Å². The van der Waals surface area contributed by atoms with Crippen LogP contribution in [0.4, 0.5) is 0 Å². The van der Waals surface area contributed by atoms with Crippen molar-refractivity contribution < 1.29 is 9.21 Å². The van der Waals surface area contributed by atoms with Crippen molar-refractivity contribution in [2.75, 3.05) is 7.05 Å². The van der Waals surface area contributed by atoms with E-state index in [2.05, 4.69) is 0 Å². The van der Waals surface area contributed by atoms with E-state index in [0.29, 0.717) is 16.1 Å². The first-order valence-electron chi connectivity index (χ1n) is 8.07. The summed E-state index contributed by atoms with van der Waals surface area (Å²) >= 11 is 5.91. The summed E-state index contributed by atoms with van der Waals surface area (Å²) in [6, 6.07) is 14.5. The van der Waals surface area contributed by atoms with Crippen LogP contribution >= 0.6 is 11.6 Å². The van der Waals surface area contributed by atoms with Crippen LogP contribution in [0.5, 0.6) is 0 Å². The van der Waals surface area contributed by atoms with Crippen molar-refractivity contribution in [1.82, 2.24) is 9.47 Å². The van der Waals surface area contributed by atoms with Crippen LogP contribution < -0.4 is 5.76 Å². The number of hydrogen-bond acceptors (Lipinski definition) is 3. The van der Waals surface area contributed by atoms with E-state index in [1.807, 2.05) is 49.4 Å². The van der Waals surface area contributed by atoms with Crippen molar-refractivity contribution in [3.63, 3.8) is 0 Å². The summed E-state index contributed by atoms with van der Waals surface area (Å²) in [6.45, 7) is 2.24. The second kappa shape index (κ2) is 7.15. The van der Waals surface area contributed by atoms with E-state index in [4.69, 9.17) is 16.0 Å². The monoisotopic (exact) mass is 358 g/mol. The van der Waals surface area contributed by atoms with Gasteiger partial charge in [-0.1, -0.05) is 35.9 Å². The van der Waals surface area contributed by atoms with Gasteiger partial charge in [-0.2, -0.15) is 0 Å². The number of rotatable bonds is 5. The van der Waals surface area contributed by atoms with Gasteiger partial charge in [0.25, 0.3) is 0 Å².